The van der Waals surface area contributed by atoms with Crippen LogP contribution in [0.4, 0.5) is 17.3 Å². The van der Waals surface area contributed by atoms with Gasteiger partial charge in [0.15, 0.2) is 11.5 Å². The van der Waals surface area contributed by atoms with Gasteiger partial charge in [0, 0.05) is 28.9 Å². The fourth-order valence-electron chi connectivity index (χ4n) is 4.18. The topological polar surface area (TPSA) is 102 Å². The molecule has 0 bridgehead atoms. The number of nitro benzene ring substituents is 1. The third-order valence-electron chi connectivity index (χ3n) is 5.84. The van der Waals surface area contributed by atoms with E-state index in [-0.39, 0.29) is 40.0 Å². The highest BCUT2D eigenvalue weighted by molar-refractivity contribution is 6.30. The van der Waals surface area contributed by atoms with E-state index in [0.717, 1.165) is 16.8 Å². The van der Waals surface area contributed by atoms with E-state index in [2.05, 4.69) is 5.32 Å². The Morgan fingerprint density at radius 1 is 0.788 bits per heavy atom. The predicted octanol–water partition coefficient (Wildman–Crippen LogP) is 5.99. The molecule has 0 fully saturated rings. The SMILES string of the molecule is Cc1cccc(C)c1Nc1oc2c(c1-c1ccc([N+](=O)[O-])cc1)C(=O)c1ccccc1C2=O. The fraction of sp³-hybridized carbons (Fsp3) is 0.0769. The van der Waals surface area contributed by atoms with Gasteiger partial charge in [-0.25, -0.2) is 0 Å². The summed E-state index contributed by atoms with van der Waals surface area (Å²) in [5, 5.41) is 14.4. The molecule has 0 amide bonds. The summed E-state index contributed by atoms with van der Waals surface area (Å²) in [7, 11) is 0. The van der Waals surface area contributed by atoms with E-state index in [0.29, 0.717) is 16.7 Å². The maximum absolute atomic E-state index is 13.5. The molecule has 0 atom stereocenters. The number of nitrogens with one attached hydrogen (secondary N) is 1. The number of ketones is 2. The molecule has 7 nitrogen and oxygen atoms in total. The van der Waals surface area contributed by atoms with Crippen molar-refractivity contribution >= 4 is 28.8 Å². The molecule has 4 aromatic rings. The first-order valence-corrected chi connectivity index (χ1v) is 10.3. The van der Waals surface area contributed by atoms with Crippen LogP contribution in [0.1, 0.15) is 43.2 Å². The lowest BCUT2D eigenvalue weighted by Gasteiger charge is -2.14. The van der Waals surface area contributed by atoms with Gasteiger partial charge in [-0.2, -0.15) is 0 Å². The van der Waals surface area contributed by atoms with E-state index in [9.17, 15) is 19.7 Å². The second-order valence-corrected chi connectivity index (χ2v) is 7.91. The minimum Gasteiger partial charge on any atom is -0.435 e. The van der Waals surface area contributed by atoms with Crippen LogP contribution < -0.4 is 5.32 Å². The summed E-state index contributed by atoms with van der Waals surface area (Å²) in [5.74, 6) is -0.508. The molecular formula is C26H18N2O5. The van der Waals surface area contributed by atoms with Gasteiger partial charge in [-0.1, -0.05) is 42.5 Å². The van der Waals surface area contributed by atoms with Crippen LogP contribution in [-0.4, -0.2) is 16.5 Å². The van der Waals surface area contributed by atoms with E-state index < -0.39 is 4.92 Å². The molecular weight excluding hydrogens is 420 g/mol. The first-order valence-electron chi connectivity index (χ1n) is 10.3. The molecule has 162 valence electrons. The summed E-state index contributed by atoms with van der Waals surface area (Å²) < 4.78 is 6.01. The van der Waals surface area contributed by atoms with Crippen molar-refractivity contribution in [3.63, 3.8) is 0 Å². The third-order valence-corrected chi connectivity index (χ3v) is 5.84. The van der Waals surface area contributed by atoms with E-state index in [1.165, 1.54) is 12.1 Å². The molecule has 0 spiro atoms. The summed E-state index contributed by atoms with van der Waals surface area (Å²) in [6, 6.07) is 18.3. The second-order valence-electron chi connectivity index (χ2n) is 7.91. The quantitative estimate of drug-likeness (QED) is 0.273. The van der Waals surface area contributed by atoms with Crippen molar-refractivity contribution in [2.45, 2.75) is 13.8 Å². The molecule has 1 N–H and O–H groups in total. The molecule has 0 saturated heterocycles. The standard InChI is InChI=1S/C26H18N2O5/c1-14-6-5-7-15(2)22(14)27-26-20(16-10-12-17(13-11-16)28(31)32)21-23(29)18-8-3-4-9-19(18)24(30)25(21)33-26/h3-13,27H,1-2H3. The van der Waals surface area contributed by atoms with Crippen molar-refractivity contribution in [2.75, 3.05) is 5.32 Å². The summed E-state index contributed by atoms with van der Waals surface area (Å²) in [6.07, 6.45) is 0. The van der Waals surface area contributed by atoms with E-state index >= 15 is 0 Å². The first-order chi connectivity index (χ1) is 15.9. The van der Waals surface area contributed by atoms with Crippen LogP contribution in [-0.2, 0) is 0 Å². The first kappa shape index (κ1) is 20.4. The fourth-order valence-corrected chi connectivity index (χ4v) is 4.18. The Bertz CT molecular complexity index is 1440. The van der Waals surface area contributed by atoms with Gasteiger partial charge in [0.25, 0.3) is 5.69 Å². The van der Waals surface area contributed by atoms with Crippen LogP contribution in [0.5, 0.6) is 0 Å². The van der Waals surface area contributed by atoms with Crippen molar-refractivity contribution in [2.24, 2.45) is 0 Å². The number of nitrogens with zero attached hydrogens (tertiary/aromatic N) is 1. The number of aryl methyl sites for hydroxylation is 2. The van der Waals surface area contributed by atoms with Crippen molar-refractivity contribution in [3.05, 3.63) is 110 Å². The molecule has 0 radical (unpaired) electrons. The number of fused-ring (bicyclic) bond motifs is 2. The molecule has 1 aromatic heterocycles. The number of rotatable bonds is 4. The number of carbonyl (C=O) groups is 2. The molecule has 0 unspecified atom stereocenters. The highest BCUT2D eigenvalue weighted by atomic mass is 16.6. The van der Waals surface area contributed by atoms with Crippen LogP contribution >= 0.6 is 0 Å². The van der Waals surface area contributed by atoms with Gasteiger partial charge in [-0.15, -0.1) is 0 Å². The molecule has 33 heavy (non-hydrogen) atoms. The Balaban J connectivity index is 1.75. The number of para-hydroxylation sites is 1. The van der Waals surface area contributed by atoms with Crippen molar-refractivity contribution in [1.82, 2.24) is 0 Å². The zero-order chi connectivity index (χ0) is 23.3. The van der Waals surface area contributed by atoms with Crippen LogP contribution in [0.2, 0.25) is 0 Å². The summed E-state index contributed by atoms with van der Waals surface area (Å²) in [6.45, 7) is 3.88. The zero-order valence-electron chi connectivity index (χ0n) is 17.8. The molecule has 1 aliphatic rings. The largest absolute Gasteiger partial charge is 0.435 e. The van der Waals surface area contributed by atoms with Gasteiger partial charge in [0.05, 0.1) is 16.1 Å². The maximum Gasteiger partial charge on any atom is 0.269 e. The van der Waals surface area contributed by atoms with Crippen molar-refractivity contribution in [3.8, 4) is 11.1 Å². The Hall–Kier alpha value is -4.52. The van der Waals surface area contributed by atoms with Gasteiger partial charge in [-0.3, -0.25) is 19.7 Å². The molecule has 1 heterocycles. The second kappa shape index (κ2) is 7.56. The number of hydrogen-bond donors (Lipinski definition) is 1. The van der Waals surface area contributed by atoms with Gasteiger partial charge in [0.1, 0.15) is 0 Å². The monoisotopic (exact) mass is 438 g/mol. The Morgan fingerprint density at radius 2 is 1.39 bits per heavy atom. The molecule has 1 aliphatic carbocycles. The number of furan rings is 1. The third kappa shape index (κ3) is 3.22. The summed E-state index contributed by atoms with van der Waals surface area (Å²) >= 11 is 0. The number of hydrogen-bond acceptors (Lipinski definition) is 6. The predicted molar refractivity (Wildman–Crippen MR) is 123 cm³/mol. The maximum atomic E-state index is 13.5. The zero-order valence-corrected chi connectivity index (χ0v) is 17.8. The molecule has 5 rings (SSSR count). The number of carbonyl (C=O) groups excluding carboxylic acids is 2. The lowest BCUT2D eigenvalue weighted by atomic mass is 9.85. The van der Waals surface area contributed by atoms with Crippen LogP contribution in [0, 0.1) is 24.0 Å². The number of nitro groups is 1. The molecule has 0 aliphatic heterocycles. The van der Waals surface area contributed by atoms with Crippen molar-refractivity contribution < 1.29 is 18.9 Å². The van der Waals surface area contributed by atoms with Gasteiger partial charge in [-0.05, 0) is 42.7 Å². The smallest absolute Gasteiger partial charge is 0.269 e. The Morgan fingerprint density at radius 3 is 2.00 bits per heavy atom. The van der Waals surface area contributed by atoms with E-state index in [4.69, 9.17) is 4.42 Å². The van der Waals surface area contributed by atoms with Gasteiger partial charge < -0.3 is 9.73 Å². The van der Waals surface area contributed by atoms with E-state index in [1.807, 2.05) is 32.0 Å². The van der Waals surface area contributed by atoms with Gasteiger partial charge >= 0.3 is 0 Å². The normalized spacial score (nSPS) is 12.3. The average Bonchev–Trinajstić information content (AvgIpc) is 3.19. The highest BCUT2D eigenvalue weighted by Gasteiger charge is 2.38. The van der Waals surface area contributed by atoms with Crippen LogP contribution in [0.15, 0.2) is 71.1 Å². The summed E-state index contributed by atoms with van der Waals surface area (Å²) in [5.41, 5.74) is 4.31. The van der Waals surface area contributed by atoms with Crippen molar-refractivity contribution in [1.29, 1.82) is 0 Å². The Labute approximate surface area is 188 Å². The average molecular weight is 438 g/mol. The lowest BCUT2D eigenvalue weighted by Crippen LogP contribution is -2.19. The number of anilines is 2. The van der Waals surface area contributed by atoms with E-state index in [1.54, 1.807) is 36.4 Å². The van der Waals surface area contributed by atoms with Gasteiger partial charge in [0.2, 0.25) is 11.7 Å². The number of non-ortho nitro benzene ring substituents is 1. The molecule has 0 saturated carbocycles. The minimum atomic E-state index is -0.491. The minimum absolute atomic E-state index is 0.0409. The molecule has 3 aromatic carbocycles. The highest BCUT2D eigenvalue weighted by Crippen LogP contribution is 2.43. The van der Waals surface area contributed by atoms with Crippen LogP contribution in [0.25, 0.3) is 11.1 Å². The Kier molecular flexibility index (Phi) is 4.67. The lowest BCUT2D eigenvalue weighted by molar-refractivity contribution is -0.384. The summed E-state index contributed by atoms with van der Waals surface area (Å²) in [4.78, 5) is 37.3. The number of benzene rings is 3. The van der Waals surface area contributed by atoms with Crippen LogP contribution in [0.3, 0.4) is 0 Å². The molecule has 7 heteroatoms.